The Hall–Kier alpha value is -3.60. The predicted molar refractivity (Wildman–Crippen MR) is 114 cm³/mol. The normalized spacial score (nSPS) is 11.4. The lowest BCUT2D eigenvalue weighted by Gasteiger charge is -2.17. The van der Waals surface area contributed by atoms with Gasteiger partial charge in [-0.2, -0.15) is 0 Å². The van der Waals surface area contributed by atoms with Crippen LogP contribution in [0, 0.1) is 6.92 Å². The maximum atomic E-state index is 12.6. The van der Waals surface area contributed by atoms with Crippen molar-refractivity contribution in [3.05, 3.63) is 95.6 Å². The lowest BCUT2D eigenvalue weighted by atomic mass is 10.1. The van der Waals surface area contributed by atoms with Crippen molar-refractivity contribution >= 4 is 17.5 Å². The van der Waals surface area contributed by atoms with E-state index in [9.17, 15) is 9.59 Å². The van der Waals surface area contributed by atoms with E-state index in [4.69, 9.17) is 4.74 Å². The maximum absolute atomic E-state index is 12.6. The Balaban J connectivity index is 1.64. The minimum atomic E-state index is -0.765. The Morgan fingerprint density at radius 2 is 1.66 bits per heavy atom. The topological polar surface area (TPSA) is 67.4 Å². The highest BCUT2D eigenvalue weighted by atomic mass is 16.5. The Morgan fingerprint density at radius 3 is 2.41 bits per heavy atom. The van der Waals surface area contributed by atoms with E-state index in [1.54, 1.807) is 31.2 Å². The molecule has 3 aromatic rings. The third kappa shape index (κ3) is 5.69. The number of amides is 2. The first-order valence-corrected chi connectivity index (χ1v) is 9.48. The molecule has 2 amide bonds. The zero-order valence-corrected chi connectivity index (χ0v) is 16.5. The van der Waals surface area contributed by atoms with Crippen LogP contribution in [0.15, 0.2) is 78.9 Å². The van der Waals surface area contributed by atoms with E-state index in [0.29, 0.717) is 23.5 Å². The molecule has 0 saturated carbocycles. The summed E-state index contributed by atoms with van der Waals surface area (Å²) in [5.41, 5.74) is 3.15. The molecule has 0 aliphatic heterocycles. The van der Waals surface area contributed by atoms with E-state index in [1.807, 2.05) is 61.5 Å². The molecule has 148 valence electrons. The van der Waals surface area contributed by atoms with Gasteiger partial charge in [0.2, 0.25) is 0 Å². The van der Waals surface area contributed by atoms with Gasteiger partial charge in [0.1, 0.15) is 5.75 Å². The number of hydrogen-bond donors (Lipinski definition) is 2. The van der Waals surface area contributed by atoms with Gasteiger partial charge < -0.3 is 15.4 Å². The highest BCUT2D eigenvalue weighted by Crippen LogP contribution is 2.20. The number of aryl methyl sites for hydroxylation is 1. The molecule has 1 atom stereocenters. The molecule has 3 rings (SSSR count). The van der Waals surface area contributed by atoms with E-state index in [0.717, 1.165) is 11.1 Å². The Labute approximate surface area is 170 Å². The van der Waals surface area contributed by atoms with Gasteiger partial charge in [-0.3, -0.25) is 9.59 Å². The first kappa shape index (κ1) is 20.1. The number of carbonyl (C=O) groups is 2. The molecule has 3 aromatic carbocycles. The van der Waals surface area contributed by atoms with Crippen molar-refractivity contribution in [3.8, 4) is 5.75 Å². The second-order valence-corrected chi connectivity index (χ2v) is 6.78. The predicted octanol–water partition coefficient (Wildman–Crippen LogP) is 4.33. The van der Waals surface area contributed by atoms with E-state index in [-0.39, 0.29) is 11.8 Å². The first-order valence-electron chi connectivity index (χ1n) is 9.48. The van der Waals surface area contributed by atoms with Gasteiger partial charge in [0.15, 0.2) is 6.10 Å². The molecule has 29 heavy (non-hydrogen) atoms. The average molecular weight is 388 g/mol. The molecule has 0 fully saturated rings. The van der Waals surface area contributed by atoms with Crippen LogP contribution in [0.4, 0.5) is 5.69 Å². The quantitative estimate of drug-likeness (QED) is 0.633. The summed E-state index contributed by atoms with van der Waals surface area (Å²) in [4.78, 5) is 25.1. The number of anilines is 1. The minimum Gasteiger partial charge on any atom is -0.480 e. The number of benzene rings is 3. The van der Waals surface area contributed by atoms with Gasteiger partial charge in [-0.1, -0.05) is 54.6 Å². The largest absolute Gasteiger partial charge is 0.480 e. The van der Waals surface area contributed by atoms with Crippen molar-refractivity contribution in [3.63, 3.8) is 0 Å². The standard InChI is InChI=1S/C24H24N2O3/c1-17-9-8-12-20(15-17)26-23(27)18(2)29-22-14-7-6-13-21(22)24(28)25-16-19-10-4-3-5-11-19/h3-15,18H,16H2,1-2H3,(H,25,28)(H,26,27)/t18-/m0/s1. The van der Waals surface area contributed by atoms with E-state index in [1.165, 1.54) is 0 Å². The highest BCUT2D eigenvalue weighted by molar-refractivity contribution is 5.97. The maximum Gasteiger partial charge on any atom is 0.265 e. The van der Waals surface area contributed by atoms with Crippen LogP contribution in [0.1, 0.15) is 28.4 Å². The number of ether oxygens (including phenoxy) is 1. The van der Waals surface area contributed by atoms with Gasteiger partial charge in [0, 0.05) is 12.2 Å². The van der Waals surface area contributed by atoms with Crippen LogP contribution in [0.5, 0.6) is 5.75 Å². The van der Waals surface area contributed by atoms with Crippen LogP contribution in [0.25, 0.3) is 0 Å². The first-order chi connectivity index (χ1) is 14.0. The summed E-state index contributed by atoms with van der Waals surface area (Å²) in [6.45, 7) is 4.03. The summed E-state index contributed by atoms with van der Waals surface area (Å²) in [6.07, 6.45) is -0.765. The van der Waals surface area contributed by atoms with Crippen LogP contribution in [-0.4, -0.2) is 17.9 Å². The summed E-state index contributed by atoms with van der Waals surface area (Å²) in [7, 11) is 0. The molecule has 0 aliphatic carbocycles. The molecule has 0 aliphatic rings. The van der Waals surface area contributed by atoms with Crippen LogP contribution in [-0.2, 0) is 11.3 Å². The Morgan fingerprint density at radius 1 is 0.931 bits per heavy atom. The van der Waals surface area contributed by atoms with E-state index < -0.39 is 6.10 Å². The van der Waals surface area contributed by atoms with Gasteiger partial charge in [0.05, 0.1) is 5.56 Å². The molecule has 5 nitrogen and oxygen atoms in total. The SMILES string of the molecule is Cc1cccc(NC(=O)[C@H](C)Oc2ccccc2C(=O)NCc2ccccc2)c1. The summed E-state index contributed by atoms with van der Waals surface area (Å²) in [5.74, 6) is -0.171. The molecule has 0 heterocycles. The van der Waals surface area contributed by atoms with Crippen LogP contribution < -0.4 is 15.4 Å². The van der Waals surface area contributed by atoms with E-state index >= 15 is 0 Å². The van der Waals surface area contributed by atoms with Crippen LogP contribution in [0.3, 0.4) is 0 Å². The third-order valence-electron chi connectivity index (χ3n) is 4.39. The highest BCUT2D eigenvalue weighted by Gasteiger charge is 2.19. The lowest BCUT2D eigenvalue weighted by molar-refractivity contribution is -0.122. The van der Waals surface area contributed by atoms with Crippen LogP contribution >= 0.6 is 0 Å². The second-order valence-electron chi connectivity index (χ2n) is 6.78. The molecule has 0 spiro atoms. The van der Waals surface area contributed by atoms with Crippen molar-refractivity contribution in [1.29, 1.82) is 0 Å². The summed E-state index contributed by atoms with van der Waals surface area (Å²) >= 11 is 0. The fourth-order valence-corrected chi connectivity index (χ4v) is 2.84. The van der Waals surface area contributed by atoms with Crippen molar-refractivity contribution in [1.82, 2.24) is 5.32 Å². The molecule has 2 N–H and O–H groups in total. The van der Waals surface area contributed by atoms with Crippen molar-refractivity contribution in [2.45, 2.75) is 26.5 Å². The Kier molecular flexibility index (Phi) is 6.63. The van der Waals surface area contributed by atoms with Gasteiger partial charge in [0.25, 0.3) is 11.8 Å². The molecule has 0 unspecified atom stereocenters. The summed E-state index contributed by atoms with van der Waals surface area (Å²) < 4.78 is 5.81. The molecular weight excluding hydrogens is 364 g/mol. The summed E-state index contributed by atoms with van der Waals surface area (Å²) in [5, 5.41) is 5.72. The lowest BCUT2D eigenvalue weighted by Crippen LogP contribution is -2.31. The number of hydrogen-bond acceptors (Lipinski definition) is 3. The molecule has 0 radical (unpaired) electrons. The fourth-order valence-electron chi connectivity index (χ4n) is 2.84. The number of nitrogens with one attached hydrogen (secondary N) is 2. The fraction of sp³-hybridized carbons (Fsp3) is 0.167. The Bertz CT molecular complexity index is 986. The monoisotopic (exact) mass is 388 g/mol. The molecule has 0 aromatic heterocycles. The second kappa shape index (κ2) is 9.55. The zero-order chi connectivity index (χ0) is 20.6. The summed E-state index contributed by atoms with van der Waals surface area (Å²) in [6, 6.07) is 24.1. The minimum absolute atomic E-state index is 0.254. The molecule has 5 heteroatoms. The molecular formula is C24H24N2O3. The smallest absolute Gasteiger partial charge is 0.265 e. The molecule has 0 saturated heterocycles. The van der Waals surface area contributed by atoms with E-state index in [2.05, 4.69) is 10.6 Å². The van der Waals surface area contributed by atoms with Gasteiger partial charge >= 0.3 is 0 Å². The van der Waals surface area contributed by atoms with Gasteiger partial charge in [-0.05, 0) is 49.2 Å². The van der Waals surface area contributed by atoms with Gasteiger partial charge in [-0.15, -0.1) is 0 Å². The number of carbonyl (C=O) groups excluding carboxylic acids is 2. The zero-order valence-electron chi connectivity index (χ0n) is 16.5. The van der Waals surface area contributed by atoms with Crippen molar-refractivity contribution < 1.29 is 14.3 Å². The average Bonchev–Trinajstić information content (AvgIpc) is 2.73. The van der Waals surface area contributed by atoms with Crippen LogP contribution in [0.2, 0.25) is 0 Å². The molecule has 0 bridgehead atoms. The third-order valence-corrected chi connectivity index (χ3v) is 4.39. The van der Waals surface area contributed by atoms with Gasteiger partial charge in [-0.25, -0.2) is 0 Å². The number of para-hydroxylation sites is 1. The number of rotatable bonds is 7. The van der Waals surface area contributed by atoms with Crippen molar-refractivity contribution in [2.75, 3.05) is 5.32 Å². The van der Waals surface area contributed by atoms with Crippen molar-refractivity contribution in [2.24, 2.45) is 0 Å².